The van der Waals surface area contributed by atoms with E-state index in [1.54, 1.807) is 7.05 Å². The van der Waals surface area contributed by atoms with Gasteiger partial charge in [-0.2, -0.15) is 0 Å². The maximum Gasteiger partial charge on any atom is 0.317 e. The first-order valence-electron chi connectivity index (χ1n) is 7.87. The lowest BCUT2D eigenvalue weighted by molar-refractivity contribution is 0.194. The number of unbranched alkanes of at least 4 members (excludes halogenated alkanes) is 1. The summed E-state index contributed by atoms with van der Waals surface area (Å²) in [6.45, 7) is 1.16. The third-order valence-electron chi connectivity index (χ3n) is 3.94. The normalized spacial score (nSPS) is 19.3. The molecule has 6 nitrogen and oxygen atoms in total. The van der Waals surface area contributed by atoms with Gasteiger partial charge in [-0.05, 0) is 31.4 Å². The van der Waals surface area contributed by atoms with Crippen molar-refractivity contribution in [1.29, 1.82) is 0 Å². The van der Waals surface area contributed by atoms with E-state index in [9.17, 15) is 13.2 Å². The number of benzene rings is 1. The van der Waals surface area contributed by atoms with Gasteiger partial charge >= 0.3 is 6.03 Å². The summed E-state index contributed by atoms with van der Waals surface area (Å²) in [5.74, 6) is 1.09. The van der Waals surface area contributed by atoms with E-state index < -0.39 is 9.84 Å². The molecule has 23 heavy (non-hydrogen) atoms. The Morgan fingerprint density at radius 3 is 2.70 bits per heavy atom. The molecule has 1 aliphatic rings. The Bertz CT molecular complexity index is 604. The molecule has 1 aromatic carbocycles. The number of ether oxygens (including phenoxy) is 1. The predicted octanol–water partition coefficient (Wildman–Crippen LogP) is 1.67. The van der Waals surface area contributed by atoms with E-state index in [-0.39, 0.29) is 23.6 Å². The predicted molar refractivity (Wildman–Crippen MR) is 89.4 cm³/mol. The van der Waals surface area contributed by atoms with Crippen molar-refractivity contribution >= 4 is 15.9 Å². The van der Waals surface area contributed by atoms with Crippen LogP contribution in [0.2, 0.25) is 0 Å². The summed E-state index contributed by atoms with van der Waals surface area (Å²) in [7, 11) is -1.32. The van der Waals surface area contributed by atoms with Gasteiger partial charge in [0.1, 0.15) is 5.75 Å². The molecular formula is C16H24N2O4S. The van der Waals surface area contributed by atoms with Crippen LogP contribution in [0.25, 0.3) is 0 Å². The van der Waals surface area contributed by atoms with Crippen LogP contribution in [0, 0.1) is 0 Å². The summed E-state index contributed by atoms with van der Waals surface area (Å²) in [5.41, 5.74) is 0. The van der Waals surface area contributed by atoms with E-state index >= 15 is 0 Å². The van der Waals surface area contributed by atoms with Crippen LogP contribution in [0.4, 0.5) is 4.79 Å². The minimum Gasteiger partial charge on any atom is -0.494 e. The zero-order valence-corrected chi connectivity index (χ0v) is 14.2. The molecule has 2 amide bonds. The van der Waals surface area contributed by atoms with Crippen molar-refractivity contribution in [1.82, 2.24) is 10.2 Å². The molecule has 0 bridgehead atoms. The molecular weight excluding hydrogens is 316 g/mol. The largest absolute Gasteiger partial charge is 0.494 e. The lowest BCUT2D eigenvalue weighted by atomic mass is 10.2. The van der Waals surface area contributed by atoms with Crippen molar-refractivity contribution < 1.29 is 17.9 Å². The van der Waals surface area contributed by atoms with Crippen molar-refractivity contribution in [3.8, 4) is 5.75 Å². The molecule has 1 aliphatic heterocycles. The molecule has 1 fully saturated rings. The molecule has 0 aromatic heterocycles. The molecule has 1 N–H and O–H groups in total. The first kappa shape index (κ1) is 17.6. The molecule has 7 heteroatoms. The van der Waals surface area contributed by atoms with Gasteiger partial charge < -0.3 is 15.0 Å². The van der Waals surface area contributed by atoms with Gasteiger partial charge in [-0.25, -0.2) is 13.2 Å². The number of urea groups is 1. The molecule has 0 aliphatic carbocycles. The number of amides is 2. The highest BCUT2D eigenvalue weighted by atomic mass is 32.2. The van der Waals surface area contributed by atoms with Crippen LogP contribution in [0.3, 0.4) is 0 Å². The van der Waals surface area contributed by atoms with Gasteiger partial charge in [0, 0.05) is 19.6 Å². The molecule has 1 aromatic rings. The third-order valence-corrected chi connectivity index (χ3v) is 5.69. The molecule has 0 unspecified atom stereocenters. The van der Waals surface area contributed by atoms with Gasteiger partial charge in [0.2, 0.25) is 0 Å². The van der Waals surface area contributed by atoms with Crippen LogP contribution in [0.5, 0.6) is 5.75 Å². The maximum atomic E-state index is 12.0. The number of rotatable bonds is 7. The van der Waals surface area contributed by atoms with Crippen molar-refractivity contribution in [2.45, 2.75) is 25.3 Å². The van der Waals surface area contributed by atoms with Gasteiger partial charge in [-0.3, -0.25) is 0 Å². The Labute approximate surface area is 137 Å². The van der Waals surface area contributed by atoms with Crippen LogP contribution in [0.1, 0.15) is 19.3 Å². The molecule has 1 atom stereocenters. The lowest BCUT2D eigenvalue weighted by Crippen LogP contribution is -2.44. The summed E-state index contributed by atoms with van der Waals surface area (Å²) < 4.78 is 28.5. The Morgan fingerprint density at radius 2 is 2.04 bits per heavy atom. The van der Waals surface area contributed by atoms with Gasteiger partial charge in [-0.15, -0.1) is 0 Å². The van der Waals surface area contributed by atoms with Crippen LogP contribution < -0.4 is 10.1 Å². The highest BCUT2D eigenvalue weighted by Gasteiger charge is 2.32. The van der Waals surface area contributed by atoms with E-state index in [1.807, 2.05) is 30.3 Å². The summed E-state index contributed by atoms with van der Waals surface area (Å²) in [6, 6.07) is 9.19. The number of carbonyl (C=O) groups excluding carboxylic acids is 1. The molecule has 2 rings (SSSR count). The zero-order valence-electron chi connectivity index (χ0n) is 13.4. The van der Waals surface area contributed by atoms with Crippen LogP contribution in [-0.4, -0.2) is 57.1 Å². The van der Waals surface area contributed by atoms with Gasteiger partial charge in [0.15, 0.2) is 9.84 Å². The topological polar surface area (TPSA) is 75.7 Å². The standard InChI is InChI=1S/C16H24N2O4S/c1-18(14-9-12-23(20,21)13-14)16(19)17-10-5-6-11-22-15-7-3-2-4-8-15/h2-4,7-8,14H,5-6,9-13H2,1H3,(H,17,19)/t14-/m1/s1. The minimum atomic E-state index is -2.97. The van der Waals surface area contributed by atoms with Crippen LogP contribution >= 0.6 is 0 Å². The summed E-state index contributed by atoms with van der Waals surface area (Å²) in [4.78, 5) is 13.5. The second kappa shape index (κ2) is 8.19. The Hall–Kier alpha value is -1.76. The average molecular weight is 340 g/mol. The lowest BCUT2D eigenvalue weighted by Gasteiger charge is -2.23. The second-order valence-electron chi connectivity index (χ2n) is 5.77. The zero-order chi connectivity index (χ0) is 16.7. The summed E-state index contributed by atoms with van der Waals surface area (Å²) in [6.07, 6.45) is 2.18. The second-order valence-corrected chi connectivity index (χ2v) is 8.00. The molecule has 1 saturated heterocycles. The molecule has 128 valence electrons. The van der Waals surface area contributed by atoms with Crippen molar-refractivity contribution in [3.05, 3.63) is 30.3 Å². The van der Waals surface area contributed by atoms with Crippen molar-refractivity contribution in [2.75, 3.05) is 31.7 Å². The molecule has 0 spiro atoms. The smallest absolute Gasteiger partial charge is 0.317 e. The first-order valence-corrected chi connectivity index (χ1v) is 9.69. The number of sulfone groups is 1. The van der Waals surface area contributed by atoms with E-state index in [0.717, 1.165) is 18.6 Å². The third kappa shape index (κ3) is 5.74. The van der Waals surface area contributed by atoms with E-state index in [2.05, 4.69) is 5.32 Å². The number of carbonyl (C=O) groups is 1. The number of hydrogen-bond donors (Lipinski definition) is 1. The van der Waals surface area contributed by atoms with E-state index in [4.69, 9.17) is 4.74 Å². The Morgan fingerprint density at radius 1 is 1.30 bits per heavy atom. The Kier molecular flexibility index (Phi) is 6.27. The van der Waals surface area contributed by atoms with E-state index in [1.165, 1.54) is 4.90 Å². The average Bonchev–Trinajstić information content (AvgIpc) is 2.90. The SMILES string of the molecule is CN(C(=O)NCCCCOc1ccccc1)[C@@H]1CCS(=O)(=O)C1. The van der Waals surface area contributed by atoms with Gasteiger partial charge in [-0.1, -0.05) is 18.2 Å². The fourth-order valence-corrected chi connectivity index (χ4v) is 4.27. The highest BCUT2D eigenvalue weighted by Crippen LogP contribution is 2.16. The summed E-state index contributed by atoms with van der Waals surface area (Å²) >= 11 is 0. The summed E-state index contributed by atoms with van der Waals surface area (Å²) in [5, 5.41) is 2.82. The molecule has 1 heterocycles. The van der Waals surface area contributed by atoms with Crippen molar-refractivity contribution in [2.24, 2.45) is 0 Å². The van der Waals surface area contributed by atoms with Crippen molar-refractivity contribution in [3.63, 3.8) is 0 Å². The van der Waals surface area contributed by atoms with E-state index in [0.29, 0.717) is 19.6 Å². The van der Waals surface area contributed by atoms with Gasteiger partial charge in [0.25, 0.3) is 0 Å². The fraction of sp³-hybridized carbons (Fsp3) is 0.562. The molecule has 0 radical (unpaired) electrons. The number of nitrogens with zero attached hydrogens (tertiary/aromatic N) is 1. The minimum absolute atomic E-state index is 0.0713. The molecule has 0 saturated carbocycles. The monoisotopic (exact) mass is 340 g/mol. The fourth-order valence-electron chi connectivity index (χ4n) is 2.50. The number of para-hydroxylation sites is 1. The first-order chi connectivity index (χ1) is 11.0. The number of hydrogen-bond acceptors (Lipinski definition) is 4. The highest BCUT2D eigenvalue weighted by molar-refractivity contribution is 7.91. The van der Waals surface area contributed by atoms with Crippen LogP contribution in [0.15, 0.2) is 30.3 Å². The number of nitrogens with one attached hydrogen (secondary N) is 1. The Balaban J connectivity index is 1.58. The van der Waals surface area contributed by atoms with Gasteiger partial charge in [0.05, 0.1) is 18.1 Å². The van der Waals surface area contributed by atoms with Crippen LogP contribution in [-0.2, 0) is 9.84 Å². The quantitative estimate of drug-likeness (QED) is 0.766. The maximum absolute atomic E-state index is 12.0.